The monoisotopic (exact) mass is 492 g/mol. The van der Waals surface area contributed by atoms with E-state index in [0.29, 0.717) is 35.6 Å². The molecule has 1 aliphatic heterocycles. The van der Waals surface area contributed by atoms with Crippen molar-refractivity contribution in [2.24, 2.45) is 0 Å². The minimum absolute atomic E-state index is 0.105. The van der Waals surface area contributed by atoms with E-state index in [1.165, 1.54) is 11.8 Å². The maximum absolute atomic E-state index is 12.9. The highest BCUT2D eigenvalue weighted by Crippen LogP contribution is 2.33. The van der Waals surface area contributed by atoms with Crippen molar-refractivity contribution < 1.29 is 23.4 Å². The Bertz CT molecular complexity index is 1300. The molecule has 0 aliphatic carbocycles. The molecule has 1 atom stereocenters. The van der Waals surface area contributed by atoms with Gasteiger partial charge in [0.1, 0.15) is 11.5 Å². The van der Waals surface area contributed by atoms with Gasteiger partial charge in [0.05, 0.1) is 25.2 Å². The smallest absolute Gasteiger partial charge is 0.233 e. The number of thioether (sulfide) groups is 1. The summed E-state index contributed by atoms with van der Waals surface area (Å²) in [7, 11) is 1.63. The Hall–Kier alpha value is -3.92. The molecule has 0 unspecified atom stereocenters. The Balaban J connectivity index is 1.30. The molecule has 1 amide bonds. The molecule has 1 N–H and O–H groups in total. The molecule has 2 aromatic carbocycles. The number of amides is 1. The summed E-state index contributed by atoms with van der Waals surface area (Å²) >= 11 is 1.34. The molecule has 10 heteroatoms. The predicted octanol–water partition coefficient (Wildman–Crippen LogP) is 4.12. The van der Waals surface area contributed by atoms with Gasteiger partial charge in [-0.05, 0) is 61.0 Å². The van der Waals surface area contributed by atoms with Crippen LogP contribution in [0.3, 0.4) is 0 Å². The first-order chi connectivity index (χ1) is 17.1. The number of aromatic nitrogens is 3. The molecule has 35 heavy (non-hydrogen) atoms. The fraction of sp³-hybridized carbons (Fsp3) is 0.240. The molecule has 180 valence electrons. The molecule has 4 aromatic rings. The summed E-state index contributed by atoms with van der Waals surface area (Å²) in [5, 5.41) is 12.0. The third kappa shape index (κ3) is 5.12. The number of ether oxygens (including phenoxy) is 3. The summed E-state index contributed by atoms with van der Waals surface area (Å²) in [5.41, 5.74) is 1.82. The average Bonchev–Trinajstić information content (AvgIpc) is 3.65. The number of benzene rings is 2. The highest BCUT2D eigenvalue weighted by molar-refractivity contribution is 8.00. The van der Waals surface area contributed by atoms with Crippen molar-refractivity contribution in [3.63, 3.8) is 0 Å². The molecule has 1 aliphatic rings. The van der Waals surface area contributed by atoms with Crippen LogP contribution >= 0.6 is 11.8 Å². The summed E-state index contributed by atoms with van der Waals surface area (Å²) in [6.07, 6.45) is 1.63. The number of nitrogens with zero attached hydrogens (tertiary/aromatic N) is 3. The van der Waals surface area contributed by atoms with Crippen LogP contribution in [0.1, 0.15) is 18.2 Å². The summed E-state index contributed by atoms with van der Waals surface area (Å²) in [6.45, 7) is 2.89. The van der Waals surface area contributed by atoms with Crippen LogP contribution in [-0.4, -0.2) is 39.8 Å². The number of carbonyl (C=O) groups is 1. The fourth-order valence-electron chi connectivity index (χ4n) is 3.63. The van der Waals surface area contributed by atoms with E-state index in [1.807, 2.05) is 66.1 Å². The zero-order chi connectivity index (χ0) is 24.2. The number of furan rings is 1. The third-order valence-electron chi connectivity index (χ3n) is 5.51. The average molecular weight is 493 g/mol. The topological polar surface area (TPSA) is 101 Å². The van der Waals surface area contributed by atoms with E-state index in [-0.39, 0.29) is 12.7 Å². The Morgan fingerprint density at radius 2 is 1.97 bits per heavy atom. The first-order valence-corrected chi connectivity index (χ1v) is 11.9. The lowest BCUT2D eigenvalue weighted by Gasteiger charge is -2.13. The van der Waals surface area contributed by atoms with Gasteiger partial charge in [0.2, 0.25) is 12.7 Å². The normalized spacial score (nSPS) is 13.0. The lowest BCUT2D eigenvalue weighted by molar-refractivity contribution is -0.120. The van der Waals surface area contributed by atoms with Gasteiger partial charge < -0.3 is 23.9 Å². The van der Waals surface area contributed by atoms with Crippen molar-refractivity contribution in [2.45, 2.75) is 30.4 Å². The number of hydrogen-bond donors (Lipinski definition) is 1. The van der Waals surface area contributed by atoms with Crippen LogP contribution in [0, 0.1) is 0 Å². The molecule has 2 aromatic heterocycles. The van der Waals surface area contributed by atoms with Crippen LogP contribution in [0.5, 0.6) is 17.2 Å². The van der Waals surface area contributed by atoms with E-state index in [1.54, 1.807) is 13.4 Å². The van der Waals surface area contributed by atoms with Crippen molar-refractivity contribution >= 4 is 17.7 Å². The summed E-state index contributed by atoms with van der Waals surface area (Å²) < 4.78 is 23.5. The molecule has 0 spiro atoms. The molecule has 3 heterocycles. The van der Waals surface area contributed by atoms with Crippen LogP contribution < -0.4 is 19.5 Å². The number of carbonyl (C=O) groups excluding carboxylic acids is 1. The Morgan fingerprint density at radius 3 is 2.74 bits per heavy atom. The van der Waals surface area contributed by atoms with Crippen molar-refractivity contribution in [3.05, 3.63) is 72.2 Å². The predicted molar refractivity (Wildman–Crippen MR) is 130 cm³/mol. The number of hydrogen-bond acceptors (Lipinski definition) is 8. The quantitative estimate of drug-likeness (QED) is 0.348. The van der Waals surface area contributed by atoms with Gasteiger partial charge in [0.15, 0.2) is 22.5 Å². The van der Waals surface area contributed by atoms with E-state index in [4.69, 9.17) is 18.6 Å². The number of nitrogens with one attached hydrogen (secondary N) is 1. The van der Waals surface area contributed by atoms with Gasteiger partial charge in [-0.1, -0.05) is 17.8 Å². The minimum Gasteiger partial charge on any atom is -0.497 e. The van der Waals surface area contributed by atoms with Crippen LogP contribution in [0.25, 0.3) is 11.4 Å². The van der Waals surface area contributed by atoms with Gasteiger partial charge >= 0.3 is 0 Å². The first kappa shape index (κ1) is 22.9. The van der Waals surface area contributed by atoms with Crippen molar-refractivity contribution in [3.8, 4) is 28.6 Å². The largest absolute Gasteiger partial charge is 0.497 e. The lowest BCUT2D eigenvalue weighted by Crippen LogP contribution is -2.30. The van der Waals surface area contributed by atoms with E-state index < -0.39 is 5.25 Å². The van der Waals surface area contributed by atoms with Crippen molar-refractivity contribution in [2.75, 3.05) is 13.9 Å². The van der Waals surface area contributed by atoms with Crippen LogP contribution in [0.15, 0.2) is 70.4 Å². The molecule has 0 saturated heterocycles. The maximum atomic E-state index is 12.9. The van der Waals surface area contributed by atoms with Gasteiger partial charge in [-0.3, -0.25) is 9.36 Å². The van der Waals surface area contributed by atoms with E-state index in [9.17, 15) is 4.79 Å². The van der Waals surface area contributed by atoms with Gasteiger partial charge in [-0.25, -0.2) is 0 Å². The molecule has 0 saturated carbocycles. The van der Waals surface area contributed by atoms with Crippen LogP contribution in [-0.2, 0) is 17.9 Å². The minimum atomic E-state index is -0.396. The second-order valence-corrected chi connectivity index (χ2v) is 9.17. The van der Waals surface area contributed by atoms with Crippen LogP contribution in [0.2, 0.25) is 0 Å². The van der Waals surface area contributed by atoms with Gasteiger partial charge in [0, 0.05) is 12.1 Å². The zero-order valence-corrected chi connectivity index (χ0v) is 20.1. The Morgan fingerprint density at radius 1 is 1.14 bits per heavy atom. The zero-order valence-electron chi connectivity index (χ0n) is 19.3. The second-order valence-electron chi connectivity index (χ2n) is 7.87. The van der Waals surface area contributed by atoms with E-state index in [0.717, 1.165) is 22.6 Å². The van der Waals surface area contributed by atoms with Crippen LogP contribution in [0.4, 0.5) is 0 Å². The molecular weight excluding hydrogens is 468 g/mol. The van der Waals surface area contributed by atoms with E-state index >= 15 is 0 Å². The van der Waals surface area contributed by atoms with Crippen molar-refractivity contribution in [1.82, 2.24) is 20.1 Å². The molecule has 0 radical (unpaired) electrons. The van der Waals surface area contributed by atoms with E-state index in [2.05, 4.69) is 15.5 Å². The molecular formula is C25H24N4O5S. The Labute approximate surface area is 206 Å². The standard InChI is InChI=1S/C25H24N4O5S/c1-16(24(30)26-13-17-5-10-21-22(12-17)34-15-33-21)35-25-28-27-23(18-6-8-19(31-2)9-7-18)29(25)14-20-4-3-11-32-20/h3-12,16H,13-15H2,1-2H3,(H,26,30)/t16-/m0/s1. The number of methoxy groups -OCH3 is 1. The summed E-state index contributed by atoms with van der Waals surface area (Å²) in [4.78, 5) is 12.9. The first-order valence-electron chi connectivity index (χ1n) is 11.0. The van der Waals surface area contributed by atoms with Gasteiger partial charge in [0.25, 0.3) is 0 Å². The highest BCUT2D eigenvalue weighted by Gasteiger charge is 2.22. The van der Waals surface area contributed by atoms with Crippen molar-refractivity contribution in [1.29, 1.82) is 0 Å². The Kier molecular flexibility index (Phi) is 6.62. The number of fused-ring (bicyclic) bond motifs is 1. The molecule has 9 nitrogen and oxygen atoms in total. The summed E-state index contributed by atoms with van der Waals surface area (Å²) in [5.74, 6) is 3.50. The second kappa shape index (κ2) is 10.1. The lowest BCUT2D eigenvalue weighted by atomic mass is 10.2. The summed E-state index contributed by atoms with van der Waals surface area (Å²) in [6, 6.07) is 17.0. The van der Waals surface area contributed by atoms with Gasteiger partial charge in [-0.15, -0.1) is 10.2 Å². The number of rotatable bonds is 9. The molecule has 0 fully saturated rings. The third-order valence-corrected chi connectivity index (χ3v) is 6.59. The highest BCUT2D eigenvalue weighted by atomic mass is 32.2. The fourth-order valence-corrected chi connectivity index (χ4v) is 4.50. The molecule has 0 bridgehead atoms. The SMILES string of the molecule is COc1ccc(-c2nnc(S[C@@H](C)C(=O)NCc3ccc4c(c3)OCO4)n2Cc2ccco2)cc1. The molecule has 5 rings (SSSR count). The maximum Gasteiger partial charge on any atom is 0.233 e. The van der Waals surface area contributed by atoms with Gasteiger partial charge in [-0.2, -0.15) is 0 Å².